The zero-order chi connectivity index (χ0) is 21.2. The van der Waals surface area contributed by atoms with Crippen molar-refractivity contribution >= 4 is 39.3 Å². The van der Waals surface area contributed by atoms with Crippen LogP contribution >= 0.6 is 0 Å². The normalized spacial score (nSPS) is 11.4. The van der Waals surface area contributed by atoms with Crippen LogP contribution in [0.1, 0.15) is 16.7 Å². The van der Waals surface area contributed by atoms with Crippen molar-refractivity contribution in [3.8, 4) is 0 Å². The predicted molar refractivity (Wildman–Crippen MR) is 127 cm³/mol. The van der Waals surface area contributed by atoms with Gasteiger partial charge in [-0.2, -0.15) is 4.98 Å². The molecule has 3 aromatic heterocycles. The van der Waals surface area contributed by atoms with Gasteiger partial charge in [-0.25, -0.2) is 4.98 Å². The Morgan fingerprint density at radius 2 is 1.97 bits per heavy atom. The molecule has 5 rings (SSSR count). The van der Waals surface area contributed by atoms with E-state index in [0.717, 1.165) is 40.6 Å². The summed E-state index contributed by atoms with van der Waals surface area (Å²) in [6.07, 6.45) is 7.44. The molecule has 0 bridgehead atoms. The van der Waals surface area contributed by atoms with E-state index in [9.17, 15) is 0 Å². The average molecular weight is 412 g/mol. The summed E-state index contributed by atoms with van der Waals surface area (Å²) in [5.41, 5.74) is 12.8. The molecular weight excluding hydrogens is 386 g/mol. The number of likely N-dealkylation sites (N-methyl/N-ethyl adjacent to an activating group) is 1. The van der Waals surface area contributed by atoms with Gasteiger partial charge in [-0.15, -0.1) is 0 Å². The Hall–Kier alpha value is -3.84. The number of rotatable bonds is 7. The van der Waals surface area contributed by atoms with E-state index < -0.39 is 0 Å². The number of nitrogen functional groups attached to an aromatic ring is 1. The van der Waals surface area contributed by atoms with Crippen molar-refractivity contribution in [3.63, 3.8) is 0 Å². The molecule has 0 fully saturated rings. The van der Waals surface area contributed by atoms with Gasteiger partial charge >= 0.3 is 0 Å². The van der Waals surface area contributed by atoms with Crippen LogP contribution in [-0.2, 0) is 12.8 Å². The third-order valence-electron chi connectivity index (χ3n) is 5.59. The molecule has 0 unspecified atom stereocenters. The highest BCUT2D eigenvalue weighted by Crippen LogP contribution is 2.29. The first kappa shape index (κ1) is 19.1. The second-order valence-corrected chi connectivity index (χ2v) is 7.70. The Labute approximate surface area is 180 Å². The Bertz CT molecular complexity index is 1350. The summed E-state index contributed by atoms with van der Waals surface area (Å²) in [7, 11) is 1.96. The lowest BCUT2D eigenvalue weighted by Gasteiger charge is -2.11. The first-order chi connectivity index (χ1) is 15.2. The lowest BCUT2D eigenvalue weighted by molar-refractivity contribution is 0.795. The maximum atomic E-state index is 6.29. The number of hydrogen-bond donors (Lipinski definition) is 5. The minimum absolute atomic E-state index is 0.489. The summed E-state index contributed by atoms with van der Waals surface area (Å²) in [6.45, 7) is 0.911. The van der Waals surface area contributed by atoms with Crippen molar-refractivity contribution in [3.05, 3.63) is 77.7 Å². The van der Waals surface area contributed by atoms with Gasteiger partial charge in [0.05, 0.1) is 5.69 Å². The van der Waals surface area contributed by atoms with Crippen molar-refractivity contribution < 1.29 is 0 Å². The first-order valence-electron chi connectivity index (χ1n) is 10.4. The Morgan fingerprint density at radius 1 is 1.03 bits per heavy atom. The van der Waals surface area contributed by atoms with Crippen LogP contribution in [0.25, 0.3) is 21.8 Å². The molecule has 0 atom stereocenters. The molecule has 2 aromatic carbocycles. The second-order valence-electron chi connectivity index (χ2n) is 7.70. The summed E-state index contributed by atoms with van der Waals surface area (Å²) in [5.74, 6) is 0.985. The van der Waals surface area contributed by atoms with E-state index >= 15 is 0 Å². The van der Waals surface area contributed by atoms with Crippen LogP contribution < -0.4 is 16.4 Å². The average Bonchev–Trinajstić information content (AvgIpc) is 3.41. The monoisotopic (exact) mass is 411 g/mol. The van der Waals surface area contributed by atoms with Crippen molar-refractivity contribution in [2.45, 2.75) is 12.8 Å². The molecule has 0 aliphatic carbocycles. The summed E-state index contributed by atoms with van der Waals surface area (Å²) in [6, 6.07) is 14.5. The van der Waals surface area contributed by atoms with Crippen LogP contribution in [0.4, 0.5) is 17.5 Å². The molecule has 5 aromatic rings. The topological polar surface area (TPSA) is 107 Å². The molecule has 0 aliphatic heterocycles. The van der Waals surface area contributed by atoms with Crippen LogP contribution in [0.5, 0.6) is 0 Å². The molecule has 3 heterocycles. The third kappa shape index (κ3) is 3.83. The zero-order valence-corrected chi connectivity index (χ0v) is 17.4. The van der Waals surface area contributed by atoms with Crippen LogP contribution in [0.15, 0.2) is 61.1 Å². The van der Waals surface area contributed by atoms with E-state index in [0.29, 0.717) is 18.2 Å². The third-order valence-corrected chi connectivity index (χ3v) is 5.59. The minimum atomic E-state index is 0.489. The van der Waals surface area contributed by atoms with Crippen LogP contribution in [-0.4, -0.2) is 33.5 Å². The molecule has 31 heavy (non-hydrogen) atoms. The number of hydrogen-bond acceptors (Lipinski definition) is 5. The quantitative estimate of drug-likeness (QED) is 0.277. The van der Waals surface area contributed by atoms with Crippen LogP contribution in [0.3, 0.4) is 0 Å². The Morgan fingerprint density at radius 3 is 2.84 bits per heavy atom. The van der Waals surface area contributed by atoms with Gasteiger partial charge in [-0.05, 0) is 66.9 Å². The maximum absolute atomic E-state index is 6.29. The summed E-state index contributed by atoms with van der Waals surface area (Å²) in [4.78, 5) is 15.6. The van der Waals surface area contributed by atoms with E-state index in [1.165, 1.54) is 16.5 Å². The van der Waals surface area contributed by atoms with Gasteiger partial charge in [-0.1, -0.05) is 12.1 Å². The summed E-state index contributed by atoms with van der Waals surface area (Å²) in [5, 5.41) is 8.90. The number of anilines is 3. The van der Waals surface area contributed by atoms with E-state index in [4.69, 9.17) is 5.73 Å². The lowest BCUT2D eigenvalue weighted by Crippen LogP contribution is -2.10. The molecule has 0 amide bonds. The van der Waals surface area contributed by atoms with Crippen LogP contribution in [0, 0.1) is 0 Å². The van der Waals surface area contributed by atoms with Gasteiger partial charge in [0, 0.05) is 47.0 Å². The number of fused-ring (bicyclic) bond motifs is 2. The molecule has 156 valence electrons. The fourth-order valence-corrected chi connectivity index (χ4v) is 3.99. The fraction of sp³-hybridized carbons (Fsp3) is 0.167. The molecule has 7 heteroatoms. The van der Waals surface area contributed by atoms with E-state index in [1.54, 1.807) is 0 Å². The molecule has 0 radical (unpaired) electrons. The molecule has 0 saturated heterocycles. The van der Waals surface area contributed by atoms with E-state index in [2.05, 4.69) is 67.1 Å². The van der Waals surface area contributed by atoms with Gasteiger partial charge in [0.15, 0.2) is 0 Å². The van der Waals surface area contributed by atoms with Crippen LogP contribution in [0.2, 0.25) is 0 Å². The molecule has 0 spiro atoms. The highest BCUT2D eigenvalue weighted by Gasteiger charge is 2.11. The summed E-state index contributed by atoms with van der Waals surface area (Å²) >= 11 is 0. The van der Waals surface area contributed by atoms with Gasteiger partial charge in [0.25, 0.3) is 0 Å². The highest BCUT2D eigenvalue weighted by atomic mass is 15.1. The Kier molecular flexibility index (Phi) is 5.01. The number of benzene rings is 2. The van der Waals surface area contributed by atoms with Gasteiger partial charge in [0.2, 0.25) is 5.95 Å². The van der Waals surface area contributed by atoms with Gasteiger partial charge in [0.1, 0.15) is 5.82 Å². The maximum Gasteiger partial charge on any atom is 0.229 e. The minimum Gasteiger partial charge on any atom is -0.383 e. The van der Waals surface area contributed by atoms with Crippen molar-refractivity contribution in [1.29, 1.82) is 0 Å². The van der Waals surface area contributed by atoms with Gasteiger partial charge < -0.3 is 26.3 Å². The number of aromatic amines is 2. The molecule has 7 nitrogen and oxygen atoms in total. The van der Waals surface area contributed by atoms with Crippen molar-refractivity contribution in [1.82, 2.24) is 25.3 Å². The molecule has 6 N–H and O–H groups in total. The second kappa shape index (κ2) is 8.12. The number of nitrogens with zero attached hydrogens (tertiary/aromatic N) is 2. The highest BCUT2D eigenvalue weighted by molar-refractivity contribution is 5.96. The largest absolute Gasteiger partial charge is 0.383 e. The molecule has 0 aliphatic rings. The Balaban J connectivity index is 1.39. The number of nitrogens with two attached hydrogens (primary N) is 1. The fourth-order valence-electron chi connectivity index (χ4n) is 3.99. The smallest absolute Gasteiger partial charge is 0.229 e. The summed E-state index contributed by atoms with van der Waals surface area (Å²) < 4.78 is 0. The zero-order valence-electron chi connectivity index (χ0n) is 17.4. The van der Waals surface area contributed by atoms with E-state index in [-0.39, 0.29) is 0 Å². The van der Waals surface area contributed by atoms with Crippen molar-refractivity contribution in [2.75, 3.05) is 24.6 Å². The molecule has 0 saturated carbocycles. The predicted octanol–water partition coefficient (Wildman–Crippen LogP) is 4.12. The standard InChI is InChI=1S/C24H25N7/c1-26-9-7-17-13-28-20-3-2-4-21(22(17)20)30-24-29-14-18(23(25)31-24)12-15-5-6-19-16(11-15)8-10-27-19/h2-6,8,10-11,13-14,26-28H,7,9,12H2,1H3,(H3,25,29,30,31). The number of nitrogens with one attached hydrogen (secondary N) is 4. The SMILES string of the molecule is CNCCc1c[nH]c2cccc(Nc3ncc(Cc4ccc5[nH]ccc5c4)c(N)n3)c12. The number of H-pyrrole nitrogens is 2. The first-order valence-corrected chi connectivity index (χ1v) is 10.4. The van der Waals surface area contributed by atoms with Gasteiger partial charge in [-0.3, -0.25) is 0 Å². The lowest BCUT2D eigenvalue weighted by atomic mass is 10.1. The van der Waals surface area contributed by atoms with Crippen molar-refractivity contribution in [2.24, 2.45) is 0 Å². The number of aromatic nitrogens is 4. The van der Waals surface area contributed by atoms with E-state index in [1.807, 2.05) is 31.6 Å². The molecular formula is C24H25N7.